The van der Waals surface area contributed by atoms with Crippen LogP contribution in [0.15, 0.2) is 0 Å². The summed E-state index contributed by atoms with van der Waals surface area (Å²) in [4.78, 5) is 11.3. The van der Waals surface area contributed by atoms with Gasteiger partial charge in [0.1, 0.15) is 0 Å². The van der Waals surface area contributed by atoms with Gasteiger partial charge in [0.2, 0.25) is 0 Å². The van der Waals surface area contributed by atoms with Gasteiger partial charge in [0.15, 0.2) is 0 Å². The zero-order chi connectivity index (χ0) is 11.5. The van der Waals surface area contributed by atoms with E-state index >= 15 is 0 Å². The van der Waals surface area contributed by atoms with Crippen LogP contribution < -0.4 is 5.73 Å². The number of nitrogens with two attached hydrogens (primary N) is 1. The highest BCUT2D eigenvalue weighted by Crippen LogP contribution is 2.09. The van der Waals surface area contributed by atoms with E-state index in [9.17, 15) is 4.79 Å². The third-order valence-corrected chi connectivity index (χ3v) is 2.51. The van der Waals surface area contributed by atoms with E-state index in [1.165, 1.54) is 0 Å². The quantitative estimate of drug-likeness (QED) is 0.475. The molecule has 0 heterocycles. The fourth-order valence-electron chi connectivity index (χ4n) is 1.40. The molecule has 15 heavy (non-hydrogen) atoms. The highest BCUT2D eigenvalue weighted by Gasteiger charge is 2.06. The molecule has 2 N–H and O–H groups in total. The van der Waals surface area contributed by atoms with E-state index in [1.807, 2.05) is 0 Å². The summed E-state index contributed by atoms with van der Waals surface area (Å²) in [7, 11) is 0. The summed E-state index contributed by atoms with van der Waals surface area (Å²) in [6.07, 6.45) is 5.70. The minimum absolute atomic E-state index is 0.0602. The van der Waals surface area contributed by atoms with Gasteiger partial charge in [-0.25, -0.2) is 0 Å². The molecule has 3 nitrogen and oxygen atoms in total. The summed E-state index contributed by atoms with van der Waals surface area (Å²) in [5.41, 5.74) is 5.43. The van der Waals surface area contributed by atoms with Crippen LogP contribution in [0.25, 0.3) is 0 Å². The number of hydrogen-bond donors (Lipinski definition) is 1. The Morgan fingerprint density at radius 3 is 2.67 bits per heavy atom. The number of unbranched alkanes of at least 4 members (excludes halogenated alkanes) is 2. The van der Waals surface area contributed by atoms with Crippen molar-refractivity contribution in [1.29, 1.82) is 0 Å². The third kappa shape index (κ3) is 9.73. The molecule has 90 valence electrons. The maximum Gasteiger partial charge on any atom is 0.305 e. The van der Waals surface area contributed by atoms with Crippen molar-refractivity contribution in [3.05, 3.63) is 0 Å². The Kier molecular flexibility index (Phi) is 9.59. The monoisotopic (exact) mass is 215 g/mol. The third-order valence-electron chi connectivity index (χ3n) is 2.51. The number of carbonyl (C=O) groups is 1. The molecule has 0 amide bonds. The van der Waals surface area contributed by atoms with Gasteiger partial charge in [-0.1, -0.05) is 26.7 Å². The minimum atomic E-state index is -0.0602. The molecule has 0 saturated heterocycles. The van der Waals surface area contributed by atoms with E-state index in [-0.39, 0.29) is 5.97 Å². The van der Waals surface area contributed by atoms with Crippen molar-refractivity contribution in [3.63, 3.8) is 0 Å². The molecule has 0 aromatic rings. The van der Waals surface area contributed by atoms with Gasteiger partial charge in [0.05, 0.1) is 6.61 Å². The van der Waals surface area contributed by atoms with Crippen LogP contribution in [-0.4, -0.2) is 19.1 Å². The largest absolute Gasteiger partial charge is 0.466 e. The normalized spacial score (nSPS) is 12.5. The molecule has 0 aliphatic heterocycles. The van der Waals surface area contributed by atoms with Gasteiger partial charge >= 0.3 is 5.97 Å². The Balaban J connectivity index is 3.32. The molecular weight excluding hydrogens is 190 g/mol. The lowest BCUT2D eigenvalue weighted by Crippen LogP contribution is -2.10. The fourth-order valence-corrected chi connectivity index (χ4v) is 1.40. The predicted molar refractivity (Wildman–Crippen MR) is 62.6 cm³/mol. The van der Waals surface area contributed by atoms with Gasteiger partial charge in [-0.3, -0.25) is 4.79 Å². The minimum Gasteiger partial charge on any atom is -0.466 e. The summed E-state index contributed by atoms with van der Waals surface area (Å²) in [6, 6.07) is 0. The lowest BCUT2D eigenvalue weighted by Gasteiger charge is -2.09. The molecule has 0 bridgehead atoms. The second kappa shape index (κ2) is 9.97. The van der Waals surface area contributed by atoms with Crippen LogP contribution in [0.5, 0.6) is 0 Å². The molecule has 0 aromatic heterocycles. The summed E-state index contributed by atoms with van der Waals surface area (Å²) < 4.78 is 5.10. The van der Waals surface area contributed by atoms with Gasteiger partial charge < -0.3 is 10.5 Å². The summed E-state index contributed by atoms with van der Waals surface area (Å²) in [5, 5.41) is 0. The molecule has 0 saturated carbocycles. The van der Waals surface area contributed by atoms with Crippen LogP contribution in [0.1, 0.15) is 52.4 Å². The second-order valence-electron chi connectivity index (χ2n) is 4.15. The first-order chi connectivity index (χ1) is 7.20. The standard InChI is InChI=1S/C12H25NO2/c1-3-4-5-10-15-12(14)7-6-11(2)8-9-13/h11H,3-10,13H2,1-2H3. The molecule has 0 radical (unpaired) electrons. The van der Waals surface area contributed by atoms with E-state index in [0.29, 0.717) is 25.5 Å². The van der Waals surface area contributed by atoms with Crippen LogP contribution >= 0.6 is 0 Å². The topological polar surface area (TPSA) is 52.3 Å². The zero-order valence-electron chi connectivity index (χ0n) is 10.1. The molecule has 0 aliphatic rings. The average molecular weight is 215 g/mol. The van der Waals surface area contributed by atoms with Crippen molar-refractivity contribution < 1.29 is 9.53 Å². The van der Waals surface area contributed by atoms with Gasteiger partial charge in [-0.15, -0.1) is 0 Å². The summed E-state index contributed by atoms with van der Waals surface area (Å²) >= 11 is 0. The Morgan fingerprint density at radius 2 is 2.07 bits per heavy atom. The van der Waals surface area contributed by atoms with Crippen molar-refractivity contribution in [2.75, 3.05) is 13.2 Å². The average Bonchev–Trinajstić information content (AvgIpc) is 2.22. The second-order valence-corrected chi connectivity index (χ2v) is 4.15. The van der Waals surface area contributed by atoms with Crippen molar-refractivity contribution in [2.24, 2.45) is 11.7 Å². The first-order valence-electron chi connectivity index (χ1n) is 6.06. The van der Waals surface area contributed by atoms with Crippen LogP contribution in [-0.2, 0) is 9.53 Å². The van der Waals surface area contributed by atoms with E-state index in [0.717, 1.165) is 32.1 Å². The van der Waals surface area contributed by atoms with E-state index in [1.54, 1.807) is 0 Å². The lowest BCUT2D eigenvalue weighted by atomic mass is 10.0. The number of ether oxygens (including phenoxy) is 1. The summed E-state index contributed by atoms with van der Waals surface area (Å²) in [5.74, 6) is 0.466. The zero-order valence-corrected chi connectivity index (χ0v) is 10.1. The fraction of sp³-hybridized carbons (Fsp3) is 0.917. The van der Waals surface area contributed by atoms with Crippen LogP contribution in [0.3, 0.4) is 0 Å². The number of esters is 1. The Labute approximate surface area is 93.4 Å². The Morgan fingerprint density at radius 1 is 1.33 bits per heavy atom. The van der Waals surface area contributed by atoms with Crippen molar-refractivity contribution in [3.8, 4) is 0 Å². The molecule has 3 heteroatoms. The van der Waals surface area contributed by atoms with Gasteiger partial charge in [0, 0.05) is 6.42 Å². The van der Waals surface area contributed by atoms with Gasteiger partial charge in [0.25, 0.3) is 0 Å². The molecule has 1 unspecified atom stereocenters. The van der Waals surface area contributed by atoms with E-state index in [4.69, 9.17) is 10.5 Å². The molecule has 0 spiro atoms. The van der Waals surface area contributed by atoms with Crippen LogP contribution in [0.4, 0.5) is 0 Å². The SMILES string of the molecule is CCCCCOC(=O)CCC(C)CCN. The van der Waals surface area contributed by atoms with Gasteiger partial charge in [-0.05, 0) is 31.7 Å². The Hall–Kier alpha value is -0.570. The Bertz CT molecular complexity index is 160. The van der Waals surface area contributed by atoms with E-state index in [2.05, 4.69) is 13.8 Å². The van der Waals surface area contributed by atoms with Crippen molar-refractivity contribution in [2.45, 2.75) is 52.4 Å². The van der Waals surface area contributed by atoms with Crippen molar-refractivity contribution in [1.82, 2.24) is 0 Å². The maximum absolute atomic E-state index is 11.3. The van der Waals surface area contributed by atoms with Crippen LogP contribution in [0.2, 0.25) is 0 Å². The number of rotatable bonds is 9. The first-order valence-corrected chi connectivity index (χ1v) is 6.06. The maximum atomic E-state index is 11.3. The number of carbonyl (C=O) groups excluding carboxylic acids is 1. The smallest absolute Gasteiger partial charge is 0.305 e. The van der Waals surface area contributed by atoms with Crippen molar-refractivity contribution >= 4 is 5.97 Å². The molecule has 0 rings (SSSR count). The number of hydrogen-bond acceptors (Lipinski definition) is 3. The highest BCUT2D eigenvalue weighted by molar-refractivity contribution is 5.69. The highest BCUT2D eigenvalue weighted by atomic mass is 16.5. The van der Waals surface area contributed by atoms with Gasteiger partial charge in [-0.2, -0.15) is 0 Å². The molecule has 0 aromatic carbocycles. The predicted octanol–water partition coefficient (Wildman–Crippen LogP) is 2.48. The van der Waals surface area contributed by atoms with E-state index < -0.39 is 0 Å². The molecule has 1 atom stereocenters. The molecule has 0 fully saturated rings. The first kappa shape index (κ1) is 14.4. The molecule has 0 aliphatic carbocycles. The summed E-state index contributed by atoms with van der Waals surface area (Å²) in [6.45, 7) is 5.54. The molecular formula is C12H25NO2. The van der Waals surface area contributed by atoms with Crippen LogP contribution in [0, 0.1) is 5.92 Å². The lowest BCUT2D eigenvalue weighted by molar-refractivity contribution is -0.144.